The number of fused-ring (bicyclic) bond motifs is 3. The highest BCUT2D eigenvalue weighted by Crippen LogP contribution is 2.32. The van der Waals surface area contributed by atoms with Crippen molar-refractivity contribution < 1.29 is 19.1 Å². The molecule has 4 rings (SSSR count). The van der Waals surface area contributed by atoms with Crippen molar-refractivity contribution in [2.24, 2.45) is 0 Å². The van der Waals surface area contributed by atoms with E-state index in [1.54, 1.807) is 13.0 Å². The van der Waals surface area contributed by atoms with Gasteiger partial charge in [0.1, 0.15) is 11.4 Å². The second-order valence-corrected chi connectivity index (χ2v) is 8.37. The molecule has 0 fully saturated rings. The molecule has 0 aliphatic carbocycles. The fraction of sp³-hybridized carbons (Fsp3) is 0.286. The van der Waals surface area contributed by atoms with Crippen molar-refractivity contribution in [1.29, 1.82) is 0 Å². The van der Waals surface area contributed by atoms with Crippen molar-refractivity contribution in [3.63, 3.8) is 0 Å². The monoisotopic (exact) mass is 472 g/mol. The van der Waals surface area contributed by atoms with E-state index in [1.165, 1.54) is 11.5 Å². The van der Waals surface area contributed by atoms with E-state index in [-0.39, 0.29) is 19.0 Å². The quantitative estimate of drug-likeness (QED) is 0.207. The Morgan fingerprint density at radius 1 is 1.03 bits per heavy atom. The van der Waals surface area contributed by atoms with Crippen LogP contribution in [-0.2, 0) is 16.0 Å². The van der Waals surface area contributed by atoms with Crippen LogP contribution in [0.5, 0.6) is 5.75 Å². The smallest absolute Gasteiger partial charge is 0.305 e. The van der Waals surface area contributed by atoms with E-state index in [0.717, 1.165) is 21.9 Å². The minimum atomic E-state index is -0.434. The molecular formula is C28H28N2O5. The summed E-state index contributed by atoms with van der Waals surface area (Å²) in [4.78, 5) is 42.4. The summed E-state index contributed by atoms with van der Waals surface area (Å²) in [5, 5.41) is 1.60. The Balaban J connectivity index is 1.81. The molecule has 1 heterocycles. The lowest BCUT2D eigenvalue weighted by Crippen LogP contribution is -2.29. The van der Waals surface area contributed by atoms with Crippen molar-refractivity contribution in [2.45, 2.75) is 40.0 Å². The van der Waals surface area contributed by atoms with E-state index < -0.39 is 11.5 Å². The van der Waals surface area contributed by atoms with Gasteiger partial charge in [0, 0.05) is 36.6 Å². The van der Waals surface area contributed by atoms with Gasteiger partial charge in [0.15, 0.2) is 0 Å². The van der Waals surface area contributed by atoms with Crippen molar-refractivity contribution in [1.82, 2.24) is 9.55 Å². The van der Waals surface area contributed by atoms with Gasteiger partial charge < -0.3 is 9.47 Å². The molecule has 4 aromatic rings. The molecule has 0 saturated heterocycles. The van der Waals surface area contributed by atoms with E-state index in [4.69, 9.17) is 14.5 Å². The molecule has 7 nitrogen and oxygen atoms in total. The number of aromatic nitrogens is 2. The fourth-order valence-electron chi connectivity index (χ4n) is 4.19. The average molecular weight is 473 g/mol. The summed E-state index contributed by atoms with van der Waals surface area (Å²) in [5.41, 5.74) is 2.89. The Morgan fingerprint density at radius 3 is 2.46 bits per heavy atom. The van der Waals surface area contributed by atoms with Crippen LogP contribution in [0.25, 0.3) is 21.8 Å². The third kappa shape index (κ3) is 5.09. The van der Waals surface area contributed by atoms with Crippen molar-refractivity contribution in [2.75, 3.05) is 13.2 Å². The van der Waals surface area contributed by atoms with Gasteiger partial charge in [0.25, 0.3) is 5.56 Å². The largest absolute Gasteiger partial charge is 0.493 e. The Morgan fingerprint density at radius 2 is 1.74 bits per heavy atom. The molecule has 0 bridgehead atoms. The molecule has 1 aromatic heterocycles. The van der Waals surface area contributed by atoms with Gasteiger partial charge in [-0.2, -0.15) is 0 Å². The van der Waals surface area contributed by atoms with E-state index in [9.17, 15) is 14.4 Å². The second kappa shape index (κ2) is 10.5. The van der Waals surface area contributed by atoms with Gasteiger partial charge in [-0.3, -0.25) is 14.4 Å². The van der Waals surface area contributed by atoms with Crippen LogP contribution < -0.4 is 10.3 Å². The van der Waals surface area contributed by atoms with Gasteiger partial charge >= 0.3 is 5.97 Å². The van der Waals surface area contributed by atoms with Crippen LogP contribution in [0.1, 0.15) is 48.3 Å². The maximum Gasteiger partial charge on any atom is 0.305 e. The SMILES string of the molecule is CCOC(=O)CCCOc1cc2c(nc(Cc3ccccc3C)c(=O)n2C(C)=O)c2ccccc12. The van der Waals surface area contributed by atoms with Crippen molar-refractivity contribution in [3.05, 3.63) is 81.8 Å². The minimum absolute atomic E-state index is 0.251. The van der Waals surface area contributed by atoms with E-state index in [0.29, 0.717) is 41.9 Å². The number of rotatable bonds is 8. The Labute approximate surface area is 203 Å². The number of benzene rings is 3. The maximum atomic E-state index is 13.4. The number of esters is 1. The van der Waals surface area contributed by atoms with E-state index >= 15 is 0 Å². The fourth-order valence-corrected chi connectivity index (χ4v) is 4.19. The highest BCUT2D eigenvalue weighted by atomic mass is 16.5. The van der Waals surface area contributed by atoms with Crippen LogP contribution in [-0.4, -0.2) is 34.6 Å². The summed E-state index contributed by atoms with van der Waals surface area (Å²) in [5.74, 6) is -0.132. The Hall–Kier alpha value is -4.00. The number of ether oxygens (including phenoxy) is 2. The molecule has 0 unspecified atom stereocenters. The van der Waals surface area contributed by atoms with Crippen molar-refractivity contribution >= 4 is 33.7 Å². The normalized spacial score (nSPS) is 11.1. The molecule has 0 spiro atoms. The molecule has 0 atom stereocenters. The third-order valence-corrected chi connectivity index (χ3v) is 5.92. The molecule has 3 aromatic carbocycles. The molecule has 35 heavy (non-hydrogen) atoms. The first-order valence-corrected chi connectivity index (χ1v) is 11.7. The number of hydrogen-bond acceptors (Lipinski definition) is 6. The highest BCUT2D eigenvalue weighted by molar-refractivity contribution is 6.08. The van der Waals surface area contributed by atoms with Crippen LogP contribution in [0.4, 0.5) is 0 Å². The summed E-state index contributed by atoms with van der Waals surface area (Å²) in [6.45, 7) is 5.76. The predicted molar refractivity (Wildman–Crippen MR) is 135 cm³/mol. The van der Waals surface area contributed by atoms with Gasteiger partial charge in [-0.1, -0.05) is 48.5 Å². The third-order valence-electron chi connectivity index (χ3n) is 5.92. The summed E-state index contributed by atoms with van der Waals surface area (Å²) in [6, 6.07) is 17.1. The predicted octanol–water partition coefficient (Wildman–Crippen LogP) is 4.83. The number of aryl methyl sites for hydroxylation is 1. The molecule has 0 aliphatic rings. The maximum absolute atomic E-state index is 13.4. The zero-order valence-electron chi connectivity index (χ0n) is 20.2. The minimum Gasteiger partial charge on any atom is -0.493 e. The molecule has 0 amide bonds. The van der Waals surface area contributed by atoms with Crippen molar-refractivity contribution in [3.8, 4) is 5.75 Å². The lowest BCUT2D eigenvalue weighted by Gasteiger charge is -2.15. The van der Waals surface area contributed by atoms with Gasteiger partial charge in [-0.15, -0.1) is 0 Å². The topological polar surface area (TPSA) is 87.5 Å². The standard InChI is InChI=1S/C28H28N2O5/c1-4-34-26(32)14-9-15-35-25-17-24-27(22-13-8-7-12-21(22)25)29-23(28(33)30(24)19(3)31)16-20-11-6-5-10-18(20)2/h5-8,10-13,17H,4,9,14-16H2,1-3H3. The molecule has 180 valence electrons. The first kappa shape index (κ1) is 24.1. The highest BCUT2D eigenvalue weighted by Gasteiger charge is 2.19. The number of hydrogen-bond donors (Lipinski definition) is 0. The van der Waals surface area contributed by atoms with Gasteiger partial charge in [-0.05, 0) is 31.4 Å². The molecular weight excluding hydrogens is 444 g/mol. The summed E-state index contributed by atoms with van der Waals surface area (Å²) in [7, 11) is 0. The van der Waals surface area contributed by atoms with Crippen LogP contribution in [0.2, 0.25) is 0 Å². The Bertz CT molecular complexity index is 1470. The summed E-state index contributed by atoms with van der Waals surface area (Å²) < 4.78 is 12.1. The van der Waals surface area contributed by atoms with Gasteiger partial charge in [0.2, 0.25) is 5.91 Å². The first-order chi connectivity index (χ1) is 16.9. The molecule has 7 heteroatoms. The molecule has 0 saturated carbocycles. The van der Waals surface area contributed by atoms with E-state index in [2.05, 4.69) is 0 Å². The van der Waals surface area contributed by atoms with Crippen LogP contribution in [0.3, 0.4) is 0 Å². The first-order valence-electron chi connectivity index (χ1n) is 11.7. The molecule has 0 N–H and O–H groups in total. The lowest BCUT2D eigenvalue weighted by atomic mass is 10.0. The lowest BCUT2D eigenvalue weighted by molar-refractivity contribution is -0.143. The van der Waals surface area contributed by atoms with Crippen LogP contribution in [0, 0.1) is 6.92 Å². The zero-order chi connectivity index (χ0) is 24.9. The molecule has 0 aliphatic heterocycles. The van der Waals surface area contributed by atoms with E-state index in [1.807, 2.05) is 55.5 Å². The van der Waals surface area contributed by atoms with Crippen LogP contribution >= 0.6 is 0 Å². The average Bonchev–Trinajstić information content (AvgIpc) is 2.84. The number of nitrogens with zero attached hydrogens (tertiary/aromatic N) is 2. The number of carbonyl (C=O) groups excluding carboxylic acids is 2. The molecule has 0 radical (unpaired) electrons. The van der Waals surface area contributed by atoms with Gasteiger partial charge in [-0.25, -0.2) is 9.55 Å². The second-order valence-electron chi connectivity index (χ2n) is 8.37. The summed E-state index contributed by atoms with van der Waals surface area (Å²) in [6.07, 6.45) is 1.06. The summed E-state index contributed by atoms with van der Waals surface area (Å²) >= 11 is 0. The Kier molecular flexibility index (Phi) is 7.25. The van der Waals surface area contributed by atoms with Crippen LogP contribution in [0.15, 0.2) is 59.4 Å². The van der Waals surface area contributed by atoms with Gasteiger partial charge in [0.05, 0.1) is 24.2 Å². The zero-order valence-corrected chi connectivity index (χ0v) is 20.2. The number of carbonyl (C=O) groups is 2.